The van der Waals surface area contributed by atoms with E-state index in [4.69, 9.17) is 0 Å². The van der Waals surface area contributed by atoms with Crippen LogP contribution in [0.1, 0.15) is 20.3 Å². The Bertz CT molecular complexity index is 163. The zero-order valence-electron chi connectivity index (χ0n) is 9.86. The van der Waals surface area contributed by atoms with Gasteiger partial charge in [0.2, 0.25) is 0 Å². The van der Waals surface area contributed by atoms with Crippen molar-refractivity contribution in [1.82, 2.24) is 10.6 Å². The van der Waals surface area contributed by atoms with Crippen LogP contribution < -0.4 is 10.6 Å². The van der Waals surface area contributed by atoms with E-state index in [-0.39, 0.29) is 6.61 Å². The van der Waals surface area contributed by atoms with Crippen molar-refractivity contribution in [3.63, 3.8) is 0 Å². The molecule has 0 unspecified atom stereocenters. The Kier molecular flexibility index (Phi) is 8.60. The maximum Gasteiger partial charge on any atom is 0.411 e. The number of hydrogen-bond acceptors (Lipinski definition) is 3. The van der Waals surface area contributed by atoms with Crippen molar-refractivity contribution in [2.24, 2.45) is 0 Å². The number of alkyl halides is 3. The van der Waals surface area contributed by atoms with Gasteiger partial charge in [-0.05, 0) is 13.0 Å². The topological polar surface area (TPSA) is 33.3 Å². The monoisotopic (exact) mass is 242 g/mol. The van der Waals surface area contributed by atoms with Crippen molar-refractivity contribution in [3.05, 3.63) is 0 Å². The highest BCUT2D eigenvalue weighted by Gasteiger charge is 2.26. The van der Waals surface area contributed by atoms with Gasteiger partial charge in [0.05, 0.1) is 0 Å². The van der Waals surface area contributed by atoms with Gasteiger partial charge >= 0.3 is 6.18 Å². The minimum Gasteiger partial charge on any atom is -0.372 e. The van der Waals surface area contributed by atoms with Gasteiger partial charge in [0, 0.05) is 25.7 Å². The van der Waals surface area contributed by atoms with Crippen molar-refractivity contribution < 1.29 is 17.9 Å². The molecule has 0 rings (SSSR count). The van der Waals surface area contributed by atoms with Crippen LogP contribution in [-0.2, 0) is 4.74 Å². The summed E-state index contributed by atoms with van der Waals surface area (Å²) in [7, 11) is 0. The van der Waals surface area contributed by atoms with Gasteiger partial charge in [-0.3, -0.25) is 0 Å². The molecule has 0 aromatic heterocycles. The van der Waals surface area contributed by atoms with E-state index in [0.29, 0.717) is 19.0 Å². The van der Waals surface area contributed by atoms with Crippen LogP contribution in [0.15, 0.2) is 0 Å². The quantitative estimate of drug-likeness (QED) is 0.602. The first kappa shape index (κ1) is 15.7. The Labute approximate surface area is 94.7 Å². The molecule has 0 saturated carbocycles. The van der Waals surface area contributed by atoms with Crippen molar-refractivity contribution >= 4 is 0 Å². The first-order valence-corrected chi connectivity index (χ1v) is 5.50. The zero-order valence-corrected chi connectivity index (χ0v) is 9.86. The van der Waals surface area contributed by atoms with Crippen molar-refractivity contribution in [2.45, 2.75) is 32.5 Å². The summed E-state index contributed by atoms with van der Waals surface area (Å²) in [6.45, 7) is 5.47. The van der Waals surface area contributed by atoms with E-state index in [9.17, 15) is 13.2 Å². The fourth-order valence-corrected chi connectivity index (χ4v) is 1.06. The number of hydrogen-bond donors (Lipinski definition) is 2. The van der Waals surface area contributed by atoms with Gasteiger partial charge in [0.1, 0.15) is 6.61 Å². The van der Waals surface area contributed by atoms with Crippen LogP contribution in [0, 0.1) is 0 Å². The lowest BCUT2D eigenvalue weighted by molar-refractivity contribution is -0.173. The fourth-order valence-electron chi connectivity index (χ4n) is 1.06. The van der Waals surface area contributed by atoms with Crippen LogP contribution in [0.2, 0.25) is 0 Å². The molecule has 0 fully saturated rings. The predicted molar refractivity (Wildman–Crippen MR) is 57.5 cm³/mol. The molecule has 0 aliphatic carbocycles. The third kappa shape index (κ3) is 13.7. The molecule has 0 aromatic rings. The SMILES string of the molecule is CC(C)NCCNCCCOCC(F)(F)F. The second-order valence-electron chi connectivity index (χ2n) is 3.88. The minimum absolute atomic E-state index is 0.143. The molecule has 98 valence electrons. The van der Waals surface area contributed by atoms with Gasteiger partial charge in [-0.1, -0.05) is 13.8 Å². The lowest BCUT2D eigenvalue weighted by Crippen LogP contribution is -2.32. The Morgan fingerprint density at radius 3 is 2.38 bits per heavy atom. The Morgan fingerprint density at radius 2 is 1.81 bits per heavy atom. The van der Waals surface area contributed by atoms with Crippen molar-refractivity contribution in [1.29, 1.82) is 0 Å². The molecule has 2 N–H and O–H groups in total. The summed E-state index contributed by atoms with van der Waals surface area (Å²) in [6.07, 6.45) is -3.62. The average Bonchev–Trinajstić information content (AvgIpc) is 2.13. The van der Waals surface area contributed by atoms with Crippen LogP contribution in [0.4, 0.5) is 13.2 Å². The molecule has 6 heteroatoms. The highest BCUT2D eigenvalue weighted by Crippen LogP contribution is 2.14. The van der Waals surface area contributed by atoms with E-state index in [0.717, 1.165) is 13.1 Å². The summed E-state index contributed by atoms with van der Waals surface area (Å²) in [4.78, 5) is 0. The molecule has 0 bridgehead atoms. The molecule has 0 saturated heterocycles. The number of nitrogens with one attached hydrogen (secondary N) is 2. The molecule has 16 heavy (non-hydrogen) atoms. The lowest BCUT2D eigenvalue weighted by Gasteiger charge is -2.09. The number of rotatable bonds is 9. The van der Waals surface area contributed by atoms with E-state index in [1.54, 1.807) is 0 Å². The zero-order chi connectivity index (χ0) is 12.4. The third-order valence-corrected chi connectivity index (χ3v) is 1.76. The second-order valence-corrected chi connectivity index (χ2v) is 3.88. The minimum atomic E-state index is -4.21. The summed E-state index contributed by atoms with van der Waals surface area (Å²) in [5, 5.41) is 6.34. The Balaban J connectivity index is 3.05. The molecule has 0 amide bonds. The van der Waals surface area contributed by atoms with E-state index in [1.807, 2.05) is 0 Å². The molecule has 0 radical (unpaired) electrons. The molecule has 0 atom stereocenters. The van der Waals surface area contributed by atoms with E-state index in [1.165, 1.54) is 0 Å². The Hall–Kier alpha value is -0.330. The van der Waals surface area contributed by atoms with Gasteiger partial charge in [-0.25, -0.2) is 0 Å². The van der Waals surface area contributed by atoms with Crippen LogP contribution in [0.3, 0.4) is 0 Å². The summed E-state index contributed by atoms with van der Waals surface area (Å²) < 4.78 is 39.4. The van der Waals surface area contributed by atoms with Gasteiger partial charge in [-0.2, -0.15) is 13.2 Å². The van der Waals surface area contributed by atoms with Crippen molar-refractivity contribution in [2.75, 3.05) is 32.8 Å². The van der Waals surface area contributed by atoms with Gasteiger partial charge in [0.25, 0.3) is 0 Å². The smallest absolute Gasteiger partial charge is 0.372 e. The average molecular weight is 242 g/mol. The van der Waals surface area contributed by atoms with E-state index < -0.39 is 12.8 Å². The van der Waals surface area contributed by atoms with Gasteiger partial charge in [-0.15, -0.1) is 0 Å². The number of halogens is 3. The highest BCUT2D eigenvalue weighted by atomic mass is 19.4. The van der Waals surface area contributed by atoms with Crippen LogP contribution in [0.25, 0.3) is 0 Å². The first-order chi connectivity index (χ1) is 7.42. The molecular weight excluding hydrogens is 221 g/mol. The maximum atomic E-state index is 11.7. The molecule has 0 aromatic carbocycles. The van der Waals surface area contributed by atoms with E-state index in [2.05, 4.69) is 29.2 Å². The van der Waals surface area contributed by atoms with E-state index >= 15 is 0 Å². The fraction of sp³-hybridized carbons (Fsp3) is 1.00. The largest absolute Gasteiger partial charge is 0.411 e. The van der Waals surface area contributed by atoms with Crippen LogP contribution in [-0.4, -0.2) is 45.1 Å². The van der Waals surface area contributed by atoms with Gasteiger partial charge < -0.3 is 15.4 Å². The summed E-state index contributed by atoms with van der Waals surface area (Å²) >= 11 is 0. The number of ether oxygens (including phenoxy) is 1. The third-order valence-electron chi connectivity index (χ3n) is 1.76. The lowest BCUT2D eigenvalue weighted by atomic mass is 10.4. The summed E-state index contributed by atoms with van der Waals surface area (Å²) in [6, 6.07) is 0.455. The first-order valence-electron chi connectivity index (χ1n) is 5.50. The molecule has 0 aliphatic rings. The van der Waals surface area contributed by atoms with Crippen LogP contribution >= 0.6 is 0 Å². The molecule has 0 spiro atoms. The standard InChI is InChI=1S/C10H21F3N2O/c1-9(2)15-6-5-14-4-3-7-16-8-10(11,12)13/h9,14-15H,3-8H2,1-2H3. The van der Waals surface area contributed by atoms with Gasteiger partial charge in [0.15, 0.2) is 0 Å². The van der Waals surface area contributed by atoms with Crippen LogP contribution in [0.5, 0.6) is 0 Å². The Morgan fingerprint density at radius 1 is 1.12 bits per heavy atom. The highest BCUT2D eigenvalue weighted by molar-refractivity contribution is 4.55. The van der Waals surface area contributed by atoms with Crippen molar-refractivity contribution in [3.8, 4) is 0 Å². The summed E-state index contributed by atoms with van der Waals surface area (Å²) in [5.41, 5.74) is 0. The maximum absolute atomic E-state index is 11.7. The predicted octanol–water partition coefficient (Wildman–Crippen LogP) is 1.54. The normalized spacial score (nSPS) is 12.4. The molecule has 3 nitrogen and oxygen atoms in total. The second kappa shape index (κ2) is 8.78. The molecular formula is C10H21F3N2O. The summed E-state index contributed by atoms with van der Waals surface area (Å²) in [5.74, 6) is 0. The molecule has 0 heterocycles. The molecule has 0 aliphatic heterocycles.